The molecule has 0 radical (unpaired) electrons. The van der Waals surface area contributed by atoms with E-state index in [2.05, 4.69) is 5.32 Å². The summed E-state index contributed by atoms with van der Waals surface area (Å²) in [4.78, 5) is 27.2. The Kier molecular flexibility index (Phi) is 5.89. The molecule has 1 aromatic rings. The molecular weight excluding hydrogens is 348 g/mol. The summed E-state index contributed by atoms with van der Waals surface area (Å²) in [7, 11) is 0. The van der Waals surface area contributed by atoms with Gasteiger partial charge in [0.05, 0.1) is 24.7 Å². The third-order valence-electron chi connectivity index (χ3n) is 5.40. The smallest absolute Gasteiger partial charge is 0.254 e. The molecule has 1 spiro atoms. The van der Waals surface area contributed by atoms with E-state index in [4.69, 9.17) is 9.47 Å². The van der Waals surface area contributed by atoms with E-state index in [0.717, 1.165) is 6.42 Å². The number of rotatable bonds is 5. The predicted molar refractivity (Wildman–Crippen MR) is 100.0 cm³/mol. The highest BCUT2D eigenvalue weighted by Crippen LogP contribution is 2.38. The molecule has 2 N–H and O–H groups in total. The average molecular weight is 376 g/mol. The largest absolute Gasteiger partial charge is 0.490 e. The maximum atomic E-state index is 13.1. The fourth-order valence-electron chi connectivity index (χ4n) is 3.98. The van der Waals surface area contributed by atoms with Gasteiger partial charge in [-0.15, -0.1) is 0 Å². The predicted octanol–water partition coefficient (Wildman–Crippen LogP) is 1.59. The van der Waals surface area contributed by atoms with E-state index in [1.165, 1.54) is 0 Å². The Morgan fingerprint density at radius 2 is 2.04 bits per heavy atom. The Hall–Kier alpha value is -2.28. The average Bonchev–Trinajstić information content (AvgIpc) is 2.67. The first-order valence-electron chi connectivity index (χ1n) is 9.67. The molecule has 2 amide bonds. The van der Waals surface area contributed by atoms with Crippen molar-refractivity contribution in [3.8, 4) is 11.5 Å². The second-order valence-corrected chi connectivity index (χ2v) is 7.07. The van der Waals surface area contributed by atoms with Crippen LogP contribution in [0.2, 0.25) is 0 Å². The van der Waals surface area contributed by atoms with E-state index in [9.17, 15) is 14.7 Å². The van der Waals surface area contributed by atoms with Crippen molar-refractivity contribution in [2.75, 3.05) is 32.8 Å². The molecule has 2 saturated heterocycles. The van der Waals surface area contributed by atoms with Crippen molar-refractivity contribution < 1.29 is 24.2 Å². The molecule has 0 saturated carbocycles. The van der Waals surface area contributed by atoms with Crippen LogP contribution in [-0.4, -0.2) is 60.8 Å². The van der Waals surface area contributed by atoms with Crippen LogP contribution in [0, 0.1) is 5.41 Å². The number of aliphatic hydroxyl groups excluding tert-OH is 1. The fraction of sp³-hybridized carbons (Fsp3) is 0.600. The number of aliphatic hydroxyl groups is 1. The Balaban J connectivity index is 1.83. The zero-order chi connectivity index (χ0) is 19.4. The molecule has 0 aromatic heterocycles. The van der Waals surface area contributed by atoms with Gasteiger partial charge in [-0.1, -0.05) is 0 Å². The van der Waals surface area contributed by atoms with Gasteiger partial charge in [0, 0.05) is 25.2 Å². The summed E-state index contributed by atoms with van der Waals surface area (Å²) in [6, 6.07) is 5.15. The first-order chi connectivity index (χ1) is 13.0. The van der Waals surface area contributed by atoms with E-state index in [1.54, 1.807) is 23.1 Å². The Bertz CT molecular complexity index is 708. The highest BCUT2D eigenvalue weighted by molar-refractivity contribution is 5.96. The lowest BCUT2D eigenvalue weighted by Gasteiger charge is -2.46. The van der Waals surface area contributed by atoms with E-state index in [1.807, 2.05) is 13.8 Å². The lowest BCUT2D eigenvalue weighted by Crippen LogP contribution is -2.62. The van der Waals surface area contributed by atoms with Gasteiger partial charge in [-0.2, -0.15) is 0 Å². The van der Waals surface area contributed by atoms with Crippen molar-refractivity contribution in [3.63, 3.8) is 0 Å². The summed E-state index contributed by atoms with van der Waals surface area (Å²) in [6.07, 6.45) is 1.08. The molecule has 27 heavy (non-hydrogen) atoms. The minimum Gasteiger partial charge on any atom is -0.490 e. The number of piperidine rings is 2. The van der Waals surface area contributed by atoms with Crippen LogP contribution in [0.25, 0.3) is 0 Å². The van der Waals surface area contributed by atoms with Gasteiger partial charge in [-0.05, 0) is 51.3 Å². The van der Waals surface area contributed by atoms with E-state index in [0.29, 0.717) is 56.2 Å². The lowest BCUT2D eigenvalue weighted by atomic mass is 9.71. The molecule has 0 bridgehead atoms. The number of amides is 2. The van der Waals surface area contributed by atoms with Crippen LogP contribution in [-0.2, 0) is 4.79 Å². The Morgan fingerprint density at radius 1 is 1.30 bits per heavy atom. The van der Waals surface area contributed by atoms with Crippen LogP contribution in [0.1, 0.15) is 43.5 Å². The van der Waals surface area contributed by atoms with E-state index in [-0.39, 0.29) is 18.4 Å². The first-order valence-corrected chi connectivity index (χ1v) is 9.67. The van der Waals surface area contributed by atoms with Crippen LogP contribution in [0.5, 0.6) is 11.5 Å². The summed E-state index contributed by atoms with van der Waals surface area (Å²) in [5.74, 6) is 0.824. The quantitative estimate of drug-likeness (QED) is 0.815. The van der Waals surface area contributed by atoms with Crippen LogP contribution in [0.4, 0.5) is 0 Å². The van der Waals surface area contributed by atoms with Crippen molar-refractivity contribution in [2.24, 2.45) is 5.41 Å². The first kappa shape index (κ1) is 19.5. The number of likely N-dealkylation sites (tertiary alicyclic amines) is 1. The molecule has 3 rings (SSSR count). The van der Waals surface area contributed by atoms with Gasteiger partial charge in [0.2, 0.25) is 5.91 Å². The molecule has 1 aromatic carbocycles. The summed E-state index contributed by atoms with van der Waals surface area (Å²) in [5, 5.41) is 13.3. The standard InChI is InChI=1S/C20H28N2O5/c1-3-26-15-7-6-14(12-16(15)27-4-2)18(24)22-11-8-17(23)20(13-22)9-5-10-21-19(20)25/h6-7,12,17,23H,3-5,8-11,13H2,1-2H3,(H,21,25)/t17-,20+/m0/s1. The number of nitrogens with one attached hydrogen (secondary N) is 1. The third-order valence-corrected chi connectivity index (χ3v) is 5.40. The molecule has 0 unspecified atom stereocenters. The van der Waals surface area contributed by atoms with Crippen LogP contribution >= 0.6 is 0 Å². The molecular formula is C20H28N2O5. The molecule has 2 aliphatic heterocycles. The minimum atomic E-state index is -0.903. The highest BCUT2D eigenvalue weighted by Gasteiger charge is 2.50. The van der Waals surface area contributed by atoms with Gasteiger partial charge in [-0.25, -0.2) is 0 Å². The molecule has 7 nitrogen and oxygen atoms in total. The maximum Gasteiger partial charge on any atom is 0.254 e. The zero-order valence-electron chi connectivity index (χ0n) is 16.0. The van der Waals surface area contributed by atoms with Crippen molar-refractivity contribution in [1.82, 2.24) is 10.2 Å². The van der Waals surface area contributed by atoms with Crippen LogP contribution in [0.15, 0.2) is 18.2 Å². The summed E-state index contributed by atoms with van der Waals surface area (Å²) in [5.41, 5.74) is -0.412. The van der Waals surface area contributed by atoms with Crippen molar-refractivity contribution in [2.45, 2.75) is 39.2 Å². The maximum absolute atomic E-state index is 13.1. The van der Waals surface area contributed by atoms with Gasteiger partial charge in [-0.3, -0.25) is 9.59 Å². The number of ether oxygens (including phenoxy) is 2. The number of nitrogens with zero attached hydrogens (tertiary/aromatic N) is 1. The van der Waals surface area contributed by atoms with Crippen LogP contribution in [0.3, 0.4) is 0 Å². The van der Waals surface area contributed by atoms with Crippen LogP contribution < -0.4 is 14.8 Å². The second-order valence-electron chi connectivity index (χ2n) is 7.07. The molecule has 2 heterocycles. The molecule has 0 aliphatic carbocycles. The monoisotopic (exact) mass is 376 g/mol. The van der Waals surface area contributed by atoms with Gasteiger partial charge in [0.1, 0.15) is 0 Å². The number of carbonyl (C=O) groups is 2. The van der Waals surface area contributed by atoms with Gasteiger partial charge in [0.15, 0.2) is 11.5 Å². The SMILES string of the molecule is CCOc1ccc(C(=O)N2CC[C@H](O)[C@@]3(CCCNC3=O)C2)cc1OCC. The zero-order valence-corrected chi connectivity index (χ0v) is 16.0. The number of benzene rings is 1. The lowest BCUT2D eigenvalue weighted by molar-refractivity contribution is -0.147. The van der Waals surface area contributed by atoms with E-state index >= 15 is 0 Å². The molecule has 2 fully saturated rings. The van der Waals surface area contributed by atoms with Crippen molar-refractivity contribution in [1.29, 1.82) is 0 Å². The highest BCUT2D eigenvalue weighted by atomic mass is 16.5. The Morgan fingerprint density at radius 3 is 2.74 bits per heavy atom. The van der Waals surface area contributed by atoms with Gasteiger partial charge < -0.3 is 24.8 Å². The topological polar surface area (TPSA) is 88.1 Å². The molecule has 7 heteroatoms. The summed E-state index contributed by atoms with van der Waals surface area (Å²) >= 11 is 0. The van der Waals surface area contributed by atoms with Crippen molar-refractivity contribution in [3.05, 3.63) is 23.8 Å². The molecule has 2 aliphatic rings. The molecule has 2 atom stereocenters. The fourth-order valence-corrected chi connectivity index (χ4v) is 3.98. The van der Waals surface area contributed by atoms with E-state index < -0.39 is 11.5 Å². The van der Waals surface area contributed by atoms with Gasteiger partial charge >= 0.3 is 0 Å². The normalized spacial score (nSPS) is 25.2. The molecule has 148 valence electrons. The number of hydrogen-bond acceptors (Lipinski definition) is 5. The van der Waals surface area contributed by atoms with Gasteiger partial charge in [0.25, 0.3) is 5.91 Å². The second kappa shape index (κ2) is 8.17. The number of hydrogen-bond donors (Lipinski definition) is 2. The minimum absolute atomic E-state index is 0.152. The Labute approximate surface area is 159 Å². The summed E-state index contributed by atoms with van der Waals surface area (Å²) < 4.78 is 11.2. The number of carbonyl (C=O) groups excluding carboxylic acids is 2. The van der Waals surface area contributed by atoms with Crippen molar-refractivity contribution >= 4 is 11.8 Å². The third kappa shape index (κ3) is 3.74. The summed E-state index contributed by atoms with van der Waals surface area (Å²) in [6.45, 7) is 6.02.